The first-order valence-electron chi connectivity index (χ1n) is 7.35. The first-order valence-corrected chi connectivity index (χ1v) is 11.3. The van der Waals surface area contributed by atoms with E-state index in [4.69, 9.17) is 15.5 Å². The predicted octanol–water partition coefficient (Wildman–Crippen LogP) is 2.10. The van der Waals surface area contributed by atoms with E-state index in [0.717, 1.165) is 21.6 Å². The van der Waals surface area contributed by atoms with Gasteiger partial charge in [-0.15, -0.1) is 11.3 Å². The molecule has 2 rings (SSSR count). The van der Waals surface area contributed by atoms with E-state index in [2.05, 4.69) is 18.8 Å². The van der Waals surface area contributed by atoms with Crippen molar-refractivity contribution in [1.82, 2.24) is 9.97 Å². The zero-order valence-electron chi connectivity index (χ0n) is 14.0. The number of hydrogen-bond acceptors (Lipinski definition) is 8. The van der Waals surface area contributed by atoms with Crippen molar-refractivity contribution in [2.75, 3.05) is 12.3 Å². The smallest absolute Gasteiger partial charge is 0.383 e. The summed E-state index contributed by atoms with van der Waals surface area (Å²) in [5.74, 6) is 1.01. The standard InChI is InChI=1S/C13H19N3O7P2S/c1-8-11(5-10-6-15-9(2)16-13(10)14)7-26-12(8)3-4-22-25(20,21)23-24(17,18)19/h6-7H,3-5H2,1-2H3,(H,20,21)(H2,14,15,16)(H2,17,18,19). The number of aromatic nitrogens is 2. The van der Waals surface area contributed by atoms with Crippen LogP contribution < -0.4 is 5.73 Å². The van der Waals surface area contributed by atoms with Crippen LogP contribution in [-0.4, -0.2) is 31.3 Å². The molecule has 0 radical (unpaired) electrons. The van der Waals surface area contributed by atoms with Crippen LogP contribution in [-0.2, 0) is 30.8 Å². The molecule has 0 saturated carbocycles. The summed E-state index contributed by atoms with van der Waals surface area (Å²) in [6.07, 6.45) is 2.51. The van der Waals surface area contributed by atoms with E-state index in [0.29, 0.717) is 18.1 Å². The maximum absolute atomic E-state index is 11.4. The molecule has 0 aliphatic heterocycles. The minimum absolute atomic E-state index is 0.232. The van der Waals surface area contributed by atoms with Gasteiger partial charge in [-0.25, -0.2) is 19.1 Å². The predicted molar refractivity (Wildman–Crippen MR) is 95.7 cm³/mol. The van der Waals surface area contributed by atoms with Gasteiger partial charge in [0.25, 0.3) is 0 Å². The van der Waals surface area contributed by atoms with E-state index >= 15 is 0 Å². The molecule has 2 aromatic rings. The van der Waals surface area contributed by atoms with Crippen molar-refractivity contribution in [3.8, 4) is 0 Å². The molecular weight excluding hydrogens is 404 g/mol. The monoisotopic (exact) mass is 423 g/mol. The third-order valence-electron chi connectivity index (χ3n) is 3.44. The maximum atomic E-state index is 11.4. The second-order valence-corrected chi connectivity index (χ2v) is 9.23. The van der Waals surface area contributed by atoms with Gasteiger partial charge in [0.05, 0.1) is 6.61 Å². The number of phosphoric acid groups is 2. The Bertz CT molecular complexity index is 883. The number of hydrogen-bond donors (Lipinski definition) is 4. The highest BCUT2D eigenvalue weighted by molar-refractivity contribution is 7.60. The zero-order chi connectivity index (χ0) is 19.5. The topological polar surface area (TPSA) is 165 Å². The highest BCUT2D eigenvalue weighted by Crippen LogP contribution is 2.57. The molecule has 13 heteroatoms. The lowest BCUT2D eigenvalue weighted by Crippen LogP contribution is -2.03. The van der Waals surface area contributed by atoms with Crippen LogP contribution in [0.25, 0.3) is 0 Å². The second kappa shape index (κ2) is 8.24. The Morgan fingerprint density at radius 3 is 2.54 bits per heavy atom. The average molecular weight is 423 g/mol. The van der Waals surface area contributed by atoms with Crippen LogP contribution in [0.5, 0.6) is 0 Å². The van der Waals surface area contributed by atoms with Gasteiger partial charge in [-0.1, -0.05) is 0 Å². The van der Waals surface area contributed by atoms with E-state index in [1.807, 2.05) is 12.3 Å². The minimum atomic E-state index is -5.11. The van der Waals surface area contributed by atoms with Crippen molar-refractivity contribution in [3.63, 3.8) is 0 Å². The van der Waals surface area contributed by atoms with E-state index in [9.17, 15) is 14.0 Å². The molecule has 144 valence electrons. The summed E-state index contributed by atoms with van der Waals surface area (Å²) < 4.78 is 30.3. The lowest BCUT2D eigenvalue weighted by atomic mass is 10.0. The number of nitrogens with two attached hydrogens (primary N) is 1. The van der Waals surface area contributed by atoms with E-state index in [-0.39, 0.29) is 13.0 Å². The molecule has 0 spiro atoms. The van der Waals surface area contributed by atoms with Crippen molar-refractivity contribution in [2.45, 2.75) is 26.7 Å². The van der Waals surface area contributed by atoms with Gasteiger partial charge in [-0.2, -0.15) is 4.31 Å². The van der Waals surface area contributed by atoms with Crippen LogP contribution >= 0.6 is 27.0 Å². The normalized spacial score (nSPS) is 14.3. The lowest BCUT2D eigenvalue weighted by molar-refractivity contribution is 0.180. The summed E-state index contributed by atoms with van der Waals surface area (Å²) in [7, 11) is -9.93. The first kappa shape index (κ1) is 21.1. The van der Waals surface area contributed by atoms with Gasteiger partial charge in [0.2, 0.25) is 0 Å². The van der Waals surface area contributed by atoms with Gasteiger partial charge in [-0.3, -0.25) is 4.52 Å². The van der Waals surface area contributed by atoms with Crippen molar-refractivity contribution in [3.05, 3.63) is 39.0 Å². The van der Waals surface area contributed by atoms with Crippen LogP contribution in [0.3, 0.4) is 0 Å². The number of thiophene rings is 1. The zero-order valence-corrected chi connectivity index (χ0v) is 16.6. The minimum Gasteiger partial charge on any atom is -0.383 e. The molecule has 0 aromatic carbocycles. The summed E-state index contributed by atoms with van der Waals surface area (Å²) in [6.45, 7) is 3.42. The quantitative estimate of drug-likeness (QED) is 0.462. The Kier molecular flexibility index (Phi) is 6.70. The summed E-state index contributed by atoms with van der Waals surface area (Å²) in [5, 5.41) is 1.94. The number of nitrogen functional groups attached to an aromatic ring is 1. The Morgan fingerprint density at radius 2 is 1.92 bits per heavy atom. The fraction of sp³-hybridized carbons (Fsp3) is 0.385. The van der Waals surface area contributed by atoms with Gasteiger partial charge in [-0.05, 0) is 30.4 Å². The molecular formula is C13H19N3O7P2S. The van der Waals surface area contributed by atoms with E-state index in [1.165, 1.54) is 11.3 Å². The molecule has 2 aromatic heterocycles. The highest BCUT2D eigenvalue weighted by atomic mass is 32.1. The number of phosphoric ester groups is 1. The average Bonchev–Trinajstić information content (AvgIpc) is 2.80. The Balaban J connectivity index is 1.98. The molecule has 5 N–H and O–H groups in total. The molecule has 26 heavy (non-hydrogen) atoms. The molecule has 1 unspecified atom stereocenters. The lowest BCUT2D eigenvalue weighted by Gasteiger charge is -2.12. The molecule has 1 atom stereocenters. The third-order valence-corrected chi connectivity index (χ3v) is 6.82. The highest BCUT2D eigenvalue weighted by Gasteiger charge is 2.32. The molecule has 0 aliphatic rings. The Labute approximate surface area is 153 Å². The van der Waals surface area contributed by atoms with E-state index in [1.54, 1.807) is 13.1 Å². The Hall–Kier alpha value is -1.16. The SMILES string of the molecule is Cc1ncc(Cc2csc(CCOP(=O)(O)OP(=O)(O)O)c2C)c(N)n1. The molecule has 0 bridgehead atoms. The summed E-state index contributed by atoms with van der Waals surface area (Å²) in [4.78, 5) is 35.5. The largest absolute Gasteiger partial charge is 0.481 e. The fourth-order valence-electron chi connectivity index (χ4n) is 2.18. The summed E-state index contributed by atoms with van der Waals surface area (Å²) in [6, 6.07) is 0. The summed E-state index contributed by atoms with van der Waals surface area (Å²) >= 11 is 1.44. The van der Waals surface area contributed by atoms with Gasteiger partial charge in [0.15, 0.2) is 0 Å². The molecule has 2 heterocycles. The number of aryl methyl sites for hydroxylation is 1. The number of nitrogens with zero attached hydrogens (tertiary/aromatic N) is 2. The third kappa shape index (κ3) is 6.22. The molecule has 0 aliphatic carbocycles. The van der Waals surface area contributed by atoms with Crippen molar-refractivity contribution in [1.29, 1.82) is 0 Å². The van der Waals surface area contributed by atoms with Crippen LogP contribution in [0.4, 0.5) is 5.82 Å². The summed E-state index contributed by atoms with van der Waals surface area (Å²) in [5.41, 5.74) is 8.69. The molecule has 0 saturated heterocycles. The van der Waals surface area contributed by atoms with Crippen LogP contribution in [0.1, 0.15) is 27.4 Å². The molecule has 10 nitrogen and oxygen atoms in total. The first-order chi connectivity index (χ1) is 12.0. The van der Waals surface area contributed by atoms with Crippen LogP contribution in [0, 0.1) is 13.8 Å². The van der Waals surface area contributed by atoms with Gasteiger partial charge < -0.3 is 20.4 Å². The number of rotatable bonds is 8. The Morgan fingerprint density at radius 1 is 1.23 bits per heavy atom. The van der Waals surface area contributed by atoms with Crippen molar-refractivity contribution < 1.29 is 32.6 Å². The fourth-order valence-corrected chi connectivity index (χ4v) is 4.82. The maximum Gasteiger partial charge on any atom is 0.481 e. The van der Waals surface area contributed by atoms with Crippen molar-refractivity contribution in [2.24, 2.45) is 0 Å². The van der Waals surface area contributed by atoms with Gasteiger partial charge in [0, 0.05) is 29.5 Å². The van der Waals surface area contributed by atoms with E-state index < -0.39 is 15.6 Å². The van der Waals surface area contributed by atoms with Crippen molar-refractivity contribution >= 4 is 32.8 Å². The second-order valence-electron chi connectivity index (χ2n) is 5.44. The molecule has 0 amide bonds. The van der Waals surface area contributed by atoms with Crippen LogP contribution in [0.15, 0.2) is 11.6 Å². The van der Waals surface area contributed by atoms with Gasteiger partial charge in [0.1, 0.15) is 11.6 Å². The molecule has 0 fully saturated rings. The number of anilines is 1. The van der Waals surface area contributed by atoms with Gasteiger partial charge >= 0.3 is 15.6 Å². The van der Waals surface area contributed by atoms with Crippen LogP contribution in [0.2, 0.25) is 0 Å².